The maximum absolute atomic E-state index is 5.93. The number of nitrogens with zero attached hydrogens (tertiary/aromatic N) is 1. The van der Waals surface area contributed by atoms with Crippen LogP contribution in [-0.4, -0.2) is 37.2 Å². The van der Waals surface area contributed by atoms with Gasteiger partial charge < -0.3 is 14.5 Å². The van der Waals surface area contributed by atoms with Crippen molar-refractivity contribution in [1.29, 1.82) is 0 Å². The largest absolute Gasteiger partial charge is 0.465 e. The molecule has 0 radical (unpaired) electrons. The van der Waals surface area contributed by atoms with Crippen molar-refractivity contribution in [2.45, 2.75) is 57.8 Å². The molecular weight excluding hydrogens is 252 g/mol. The first-order valence-corrected chi connectivity index (χ1v) is 7.81. The van der Waals surface area contributed by atoms with Crippen LogP contribution < -0.4 is 5.32 Å². The highest BCUT2D eigenvalue weighted by atomic mass is 16.5. The zero-order chi connectivity index (χ0) is 13.9. The summed E-state index contributed by atoms with van der Waals surface area (Å²) in [6, 6.07) is 3.72. The van der Waals surface area contributed by atoms with Crippen LogP contribution in [0, 0.1) is 6.92 Å². The SMILES string of the molecule is COCCN(Cc1cc(CNC2CC2)c(C)o1)C1CC1. The van der Waals surface area contributed by atoms with Gasteiger partial charge in [0.25, 0.3) is 0 Å². The molecule has 2 fully saturated rings. The van der Waals surface area contributed by atoms with Crippen LogP contribution in [0.1, 0.15) is 42.8 Å². The van der Waals surface area contributed by atoms with Crippen LogP contribution >= 0.6 is 0 Å². The summed E-state index contributed by atoms with van der Waals surface area (Å²) >= 11 is 0. The van der Waals surface area contributed by atoms with Crippen molar-refractivity contribution in [1.82, 2.24) is 10.2 Å². The molecule has 0 amide bonds. The minimum absolute atomic E-state index is 0.739. The lowest BCUT2D eigenvalue weighted by Gasteiger charge is -2.19. The minimum Gasteiger partial charge on any atom is -0.465 e. The molecule has 2 aliphatic rings. The topological polar surface area (TPSA) is 37.6 Å². The van der Waals surface area contributed by atoms with Gasteiger partial charge in [0.05, 0.1) is 13.2 Å². The van der Waals surface area contributed by atoms with Crippen molar-refractivity contribution < 1.29 is 9.15 Å². The third-order valence-electron chi connectivity index (χ3n) is 4.23. The Kier molecular flexibility index (Phi) is 4.44. The van der Waals surface area contributed by atoms with Gasteiger partial charge >= 0.3 is 0 Å². The normalized spacial score (nSPS) is 18.9. The number of rotatable bonds is 9. The Morgan fingerprint density at radius 3 is 2.80 bits per heavy atom. The highest BCUT2D eigenvalue weighted by Gasteiger charge is 2.29. The summed E-state index contributed by atoms with van der Waals surface area (Å²) in [6.07, 6.45) is 5.30. The zero-order valence-electron chi connectivity index (χ0n) is 12.7. The van der Waals surface area contributed by atoms with E-state index >= 15 is 0 Å². The second-order valence-corrected chi connectivity index (χ2v) is 6.14. The molecule has 2 aliphatic carbocycles. The summed E-state index contributed by atoms with van der Waals surface area (Å²) < 4.78 is 11.1. The van der Waals surface area contributed by atoms with Crippen LogP contribution in [0.15, 0.2) is 10.5 Å². The fourth-order valence-electron chi connectivity index (χ4n) is 2.62. The lowest BCUT2D eigenvalue weighted by atomic mass is 10.2. The number of furan rings is 1. The van der Waals surface area contributed by atoms with Crippen LogP contribution in [0.5, 0.6) is 0 Å². The second kappa shape index (κ2) is 6.29. The van der Waals surface area contributed by atoms with Gasteiger partial charge in [0, 0.05) is 37.8 Å². The van der Waals surface area contributed by atoms with Gasteiger partial charge in [0.15, 0.2) is 0 Å². The maximum atomic E-state index is 5.93. The predicted molar refractivity (Wildman–Crippen MR) is 78.6 cm³/mol. The number of nitrogens with one attached hydrogen (secondary N) is 1. The third-order valence-corrected chi connectivity index (χ3v) is 4.23. The molecule has 4 heteroatoms. The van der Waals surface area contributed by atoms with E-state index in [1.54, 1.807) is 7.11 Å². The smallest absolute Gasteiger partial charge is 0.118 e. The summed E-state index contributed by atoms with van der Waals surface area (Å²) in [5, 5.41) is 3.56. The number of ether oxygens (including phenoxy) is 1. The molecule has 1 N–H and O–H groups in total. The van der Waals surface area contributed by atoms with Gasteiger partial charge in [0.2, 0.25) is 0 Å². The Balaban J connectivity index is 1.55. The van der Waals surface area contributed by atoms with E-state index in [2.05, 4.69) is 23.2 Å². The van der Waals surface area contributed by atoms with Gasteiger partial charge in [0.1, 0.15) is 11.5 Å². The molecule has 0 aromatic carbocycles. The fourth-order valence-corrected chi connectivity index (χ4v) is 2.62. The summed E-state index contributed by atoms with van der Waals surface area (Å²) in [5.41, 5.74) is 1.31. The highest BCUT2D eigenvalue weighted by Crippen LogP contribution is 2.29. The summed E-state index contributed by atoms with van der Waals surface area (Å²) in [7, 11) is 1.77. The van der Waals surface area contributed by atoms with Crippen LogP contribution in [0.2, 0.25) is 0 Å². The molecule has 1 aromatic rings. The van der Waals surface area contributed by atoms with Crippen molar-refractivity contribution in [2.75, 3.05) is 20.3 Å². The van der Waals surface area contributed by atoms with Gasteiger partial charge in [-0.1, -0.05) is 0 Å². The van der Waals surface area contributed by atoms with Crippen molar-refractivity contribution in [3.8, 4) is 0 Å². The molecule has 0 bridgehead atoms. The molecule has 3 rings (SSSR count). The van der Waals surface area contributed by atoms with Gasteiger partial charge in [-0.05, 0) is 38.7 Å². The van der Waals surface area contributed by atoms with Crippen molar-refractivity contribution in [3.63, 3.8) is 0 Å². The standard InChI is InChI=1S/C16H26N2O2/c1-12-13(10-17-14-3-4-14)9-16(20-12)11-18(7-8-19-2)15-5-6-15/h9,14-15,17H,3-8,10-11H2,1-2H3. The van der Waals surface area contributed by atoms with E-state index in [0.29, 0.717) is 0 Å². The van der Waals surface area contributed by atoms with Gasteiger partial charge in [-0.2, -0.15) is 0 Å². The van der Waals surface area contributed by atoms with Crippen molar-refractivity contribution in [2.24, 2.45) is 0 Å². The molecule has 112 valence electrons. The monoisotopic (exact) mass is 278 g/mol. The predicted octanol–water partition coefficient (Wildman–Crippen LogP) is 2.45. The molecule has 0 unspecified atom stereocenters. The molecule has 20 heavy (non-hydrogen) atoms. The van der Waals surface area contributed by atoms with Crippen LogP contribution in [0.25, 0.3) is 0 Å². The van der Waals surface area contributed by atoms with E-state index < -0.39 is 0 Å². The highest BCUT2D eigenvalue weighted by molar-refractivity contribution is 5.21. The second-order valence-electron chi connectivity index (χ2n) is 6.14. The first-order chi connectivity index (χ1) is 9.76. The molecular formula is C16H26N2O2. The maximum Gasteiger partial charge on any atom is 0.118 e. The summed E-state index contributed by atoms with van der Waals surface area (Å²) in [4.78, 5) is 2.49. The summed E-state index contributed by atoms with van der Waals surface area (Å²) in [6.45, 7) is 5.73. The molecule has 0 saturated heterocycles. The van der Waals surface area contributed by atoms with Gasteiger partial charge in [-0.3, -0.25) is 4.90 Å². The molecule has 0 atom stereocenters. The Morgan fingerprint density at radius 1 is 1.35 bits per heavy atom. The van der Waals surface area contributed by atoms with E-state index in [0.717, 1.165) is 49.8 Å². The Morgan fingerprint density at radius 2 is 2.15 bits per heavy atom. The molecule has 4 nitrogen and oxygen atoms in total. The van der Waals surface area contributed by atoms with Gasteiger partial charge in [-0.25, -0.2) is 0 Å². The van der Waals surface area contributed by atoms with Crippen molar-refractivity contribution in [3.05, 3.63) is 23.2 Å². The number of hydrogen-bond acceptors (Lipinski definition) is 4. The first kappa shape index (κ1) is 14.1. The lowest BCUT2D eigenvalue weighted by molar-refractivity contribution is 0.134. The quantitative estimate of drug-likeness (QED) is 0.753. The lowest BCUT2D eigenvalue weighted by Crippen LogP contribution is -2.28. The number of aryl methyl sites for hydroxylation is 1. The van der Waals surface area contributed by atoms with Crippen molar-refractivity contribution >= 4 is 0 Å². The molecule has 2 saturated carbocycles. The van der Waals surface area contributed by atoms with Crippen LogP contribution in [-0.2, 0) is 17.8 Å². The molecule has 1 aromatic heterocycles. The Labute approximate surface area is 121 Å². The number of hydrogen-bond donors (Lipinski definition) is 1. The average Bonchev–Trinajstić information content (AvgIpc) is 3.32. The van der Waals surface area contributed by atoms with E-state index in [1.807, 2.05) is 0 Å². The molecule has 0 aliphatic heterocycles. The fraction of sp³-hybridized carbons (Fsp3) is 0.750. The van der Waals surface area contributed by atoms with Crippen LogP contribution in [0.3, 0.4) is 0 Å². The zero-order valence-corrected chi connectivity index (χ0v) is 12.7. The number of methoxy groups -OCH3 is 1. The Hall–Kier alpha value is -0.840. The van der Waals surface area contributed by atoms with E-state index in [-0.39, 0.29) is 0 Å². The minimum atomic E-state index is 0.739. The summed E-state index contributed by atoms with van der Waals surface area (Å²) in [5.74, 6) is 2.16. The van der Waals surface area contributed by atoms with Crippen LogP contribution in [0.4, 0.5) is 0 Å². The third kappa shape index (κ3) is 3.84. The van der Waals surface area contributed by atoms with Gasteiger partial charge in [-0.15, -0.1) is 0 Å². The van der Waals surface area contributed by atoms with E-state index in [9.17, 15) is 0 Å². The first-order valence-electron chi connectivity index (χ1n) is 7.81. The molecule has 0 spiro atoms. The van der Waals surface area contributed by atoms with E-state index in [4.69, 9.17) is 9.15 Å². The molecule has 1 heterocycles. The Bertz CT molecular complexity index is 436. The average molecular weight is 278 g/mol. The van der Waals surface area contributed by atoms with E-state index in [1.165, 1.54) is 31.2 Å².